The van der Waals surface area contributed by atoms with Gasteiger partial charge in [0.2, 0.25) is 0 Å². The standard InChI is InChI=1S/C19H12ClF2NO2/c20-13-7-1-3-10-16(13)25-17-11-4-2-9-15(17)23-19(24)12-6-5-8-14(21)18(12)22/h1-11H,(H,23,24). The zero-order chi connectivity index (χ0) is 17.8. The van der Waals surface area contributed by atoms with E-state index in [1.807, 2.05) is 0 Å². The van der Waals surface area contributed by atoms with Crippen LogP contribution < -0.4 is 10.1 Å². The molecule has 1 N–H and O–H groups in total. The highest BCUT2D eigenvalue weighted by molar-refractivity contribution is 6.32. The van der Waals surface area contributed by atoms with Crippen molar-refractivity contribution in [2.75, 3.05) is 5.32 Å². The second kappa shape index (κ2) is 7.32. The van der Waals surface area contributed by atoms with Gasteiger partial charge in [-0.15, -0.1) is 0 Å². The number of ether oxygens (including phenoxy) is 1. The molecule has 0 aliphatic heterocycles. The average Bonchev–Trinajstić information content (AvgIpc) is 2.61. The lowest BCUT2D eigenvalue weighted by Gasteiger charge is -2.13. The van der Waals surface area contributed by atoms with E-state index in [0.717, 1.165) is 6.07 Å². The molecule has 0 aliphatic rings. The molecule has 0 saturated heterocycles. The average molecular weight is 360 g/mol. The highest BCUT2D eigenvalue weighted by Crippen LogP contribution is 2.33. The molecule has 3 aromatic carbocycles. The van der Waals surface area contributed by atoms with Gasteiger partial charge in [0.25, 0.3) is 5.91 Å². The van der Waals surface area contributed by atoms with E-state index < -0.39 is 23.1 Å². The summed E-state index contributed by atoms with van der Waals surface area (Å²) in [5, 5.41) is 2.92. The quantitative estimate of drug-likeness (QED) is 0.652. The monoisotopic (exact) mass is 359 g/mol. The van der Waals surface area contributed by atoms with Crippen LogP contribution in [0, 0.1) is 11.6 Å². The van der Waals surface area contributed by atoms with Gasteiger partial charge in [-0.2, -0.15) is 0 Å². The number of anilines is 1. The van der Waals surface area contributed by atoms with Gasteiger partial charge in [0.15, 0.2) is 17.4 Å². The number of carbonyl (C=O) groups excluding carboxylic acids is 1. The summed E-state index contributed by atoms with van der Waals surface area (Å²) in [7, 11) is 0. The molecule has 0 fully saturated rings. The zero-order valence-electron chi connectivity index (χ0n) is 12.8. The van der Waals surface area contributed by atoms with Crippen LogP contribution in [-0.2, 0) is 0 Å². The first-order valence-electron chi connectivity index (χ1n) is 7.33. The molecule has 1 amide bonds. The van der Waals surface area contributed by atoms with Gasteiger partial charge in [-0.1, -0.05) is 41.9 Å². The maximum atomic E-state index is 13.8. The molecule has 0 heterocycles. The molecular weight excluding hydrogens is 348 g/mol. The molecule has 3 nitrogen and oxygen atoms in total. The molecule has 3 rings (SSSR count). The maximum Gasteiger partial charge on any atom is 0.258 e. The van der Waals surface area contributed by atoms with Crippen LogP contribution in [0.1, 0.15) is 10.4 Å². The highest BCUT2D eigenvalue weighted by Gasteiger charge is 2.17. The molecule has 0 saturated carbocycles. The number of amides is 1. The Morgan fingerprint density at radius 1 is 0.880 bits per heavy atom. The van der Waals surface area contributed by atoms with E-state index in [1.165, 1.54) is 12.1 Å². The SMILES string of the molecule is O=C(Nc1ccccc1Oc1ccccc1Cl)c1cccc(F)c1F. The van der Waals surface area contributed by atoms with E-state index in [4.69, 9.17) is 16.3 Å². The van der Waals surface area contributed by atoms with Crippen molar-refractivity contribution in [2.24, 2.45) is 0 Å². The van der Waals surface area contributed by atoms with Crippen LogP contribution >= 0.6 is 11.6 Å². The summed E-state index contributed by atoms with van der Waals surface area (Å²) in [5.41, 5.74) is -0.0939. The lowest BCUT2D eigenvalue weighted by molar-refractivity contribution is 0.102. The first kappa shape index (κ1) is 16.9. The van der Waals surface area contributed by atoms with E-state index in [9.17, 15) is 13.6 Å². The highest BCUT2D eigenvalue weighted by atomic mass is 35.5. The second-order valence-corrected chi connectivity index (χ2v) is 5.49. The Morgan fingerprint density at radius 2 is 1.56 bits per heavy atom. The van der Waals surface area contributed by atoms with Crippen molar-refractivity contribution >= 4 is 23.2 Å². The Hall–Kier alpha value is -2.92. The van der Waals surface area contributed by atoms with E-state index in [0.29, 0.717) is 22.2 Å². The Labute approximate surface area is 147 Å². The molecule has 25 heavy (non-hydrogen) atoms. The van der Waals surface area contributed by atoms with Gasteiger partial charge >= 0.3 is 0 Å². The van der Waals surface area contributed by atoms with Crippen molar-refractivity contribution < 1.29 is 18.3 Å². The van der Waals surface area contributed by atoms with Crippen molar-refractivity contribution in [2.45, 2.75) is 0 Å². The van der Waals surface area contributed by atoms with Crippen molar-refractivity contribution in [3.8, 4) is 11.5 Å². The molecule has 0 aliphatic carbocycles. The van der Waals surface area contributed by atoms with Gasteiger partial charge < -0.3 is 10.1 Å². The van der Waals surface area contributed by atoms with E-state index in [-0.39, 0.29) is 0 Å². The number of halogens is 3. The maximum absolute atomic E-state index is 13.8. The van der Waals surface area contributed by atoms with Crippen LogP contribution in [-0.4, -0.2) is 5.91 Å². The number of carbonyl (C=O) groups is 1. The summed E-state index contributed by atoms with van der Waals surface area (Å²) in [4.78, 5) is 12.3. The molecule has 0 bridgehead atoms. The third-order valence-electron chi connectivity index (χ3n) is 3.39. The van der Waals surface area contributed by atoms with Crippen molar-refractivity contribution in [3.63, 3.8) is 0 Å². The first-order valence-corrected chi connectivity index (χ1v) is 7.71. The smallest absolute Gasteiger partial charge is 0.258 e. The van der Waals surface area contributed by atoms with Gasteiger partial charge in [-0.25, -0.2) is 8.78 Å². The Bertz CT molecular complexity index is 931. The van der Waals surface area contributed by atoms with Gasteiger partial charge in [0.1, 0.15) is 5.75 Å². The predicted molar refractivity (Wildman–Crippen MR) is 92.3 cm³/mol. The first-order chi connectivity index (χ1) is 12.1. The normalized spacial score (nSPS) is 10.4. The Balaban J connectivity index is 1.87. The fraction of sp³-hybridized carbons (Fsp3) is 0. The lowest BCUT2D eigenvalue weighted by atomic mass is 10.2. The van der Waals surface area contributed by atoms with Crippen LogP contribution in [0.5, 0.6) is 11.5 Å². The molecule has 0 atom stereocenters. The number of benzene rings is 3. The molecule has 3 aromatic rings. The molecule has 126 valence electrons. The summed E-state index contributed by atoms with van der Waals surface area (Å²) < 4.78 is 32.8. The fourth-order valence-electron chi connectivity index (χ4n) is 2.17. The topological polar surface area (TPSA) is 38.3 Å². The van der Waals surface area contributed by atoms with Crippen LogP contribution in [0.15, 0.2) is 66.7 Å². The summed E-state index contributed by atoms with van der Waals surface area (Å²) in [6.45, 7) is 0. The van der Waals surface area contributed by atoms with E-state index in [1.54, 1.807) is 48.5 Å². The van der Waals surface area contributed by atoms with Crippen molar-refractivity contribution in [3.05, 3.63) is 89.0 Å². The Kier molecular flexibility index (Phi) is 4.95. The van der Waals surface area contributed by atoms with E-state index in [2.05, 4.69) is 5.32 Å². The third-order valence-corrected chi connectivity index (χ3v) is 3.70. The molecule has 0 unspecified atom stereocenters. The lowest BCUT2D eigenvalue weighted by Crippen LogP contribution is -2.15. The fourth-order valence-corrected chi connectivity index (χ4v) is 2.35. The number of nitrogens with one attached hydrogen (secondary N) is 1. The Morgan fingerprint density at radius 3 is 2.32 bits per heavy atom. The van der Waals surface area contributed by atoms with Gasteiger partial charge in [0, 0.05) is 0 Å². The predicted octanol–water partition coefficient (Wildman–Crippen LogP) is 5.66. The van der Waals surface area contributed by atoms with Crippen molar-refractivity contribution in [1.82, 2.24) is 0 Å². The largest absolute Gasteiger partial charge is 0.454 e. The third kappa shape index (κ3) is 3.78. The van der Waals surface area contributed by atoms with E-state index >= 15 is 0 Å². The number of hydrogen-bond donors (Lipinski definition) is 1. The van der Waals surface area contributed by atoms with Gasteiger partial charge in [0.05, 0.1) is 16.3 Å². The summed E-state index contributed by atoms with van der Waals surface area (Å²) in [6, 6.07) is 16.9. The van der Waals surface area contributed by atoms with Crippen LogP contribution in [0.25, 0.3) is 0 Å². The van der Waals surface area contributed by atoms with Gasteiger partial charge in [-0.05, 0) is 36.4 Å². The van der Waals surface area contributed by atoms with Crippen molar-refractivity contribution in [1.29, 1.82) is 0 Å². The molecule has 6 heteroatoms. The molecule has 0 radical (unpaired) electrons. The minimum atomic E-state index is -1.20. The number of hydrogen-bond acceptors (Lipinski definition) is 2. The zero-order valence-corrected chi connectivity index (χ0v) is 13.6. The molecule has 0 spiro atoms. The van der Waals surface area contributed by atoms with Crippen LogP contribution in [0.4, 0.5) is 14.5 Å². The number of rotatable bonds is 4. The van der Waals surface area contributed by atoms with Crippen LogP contribution in [0.3, 0.4) is 0 Å². The summed E-state index contributed by atoms with van der Waals surface area (Å²) >= 11 is 6.06. The minimum absolute atomic E-state index is 0.302. The number of para-hydroxylation sites is 3. The van der Waals surface area contributed by atoms with Gasteiger partial charge in [-0.3, -0.25) is 4.79 Å². The molecule has 0 aromatic heterocycles. The minimum Gasteiger partial charge on any atom is -0.454 e. The second-order valence-electron chi connectivity index (χ2n) is 5.08. The molecular formula is C19H12ClF2NO2. The van der Waals surface area contributed by atoms with Crippen LogP contribution in [0.2, 0.25) is 5.02 Å². The summed E-state index contributed by atoms with van der Waals surface area (Å²) in [6.07, 6.45) is 0. The summed E-state index contributed by atoms with van der Waals surface area (Å²) in [5.74, 6) is -2.35.